The Bertz CT molecular complexity index is 1410. The number of carbonyl (C=O) groups is 3. The van der Waals surface area contributed by atoms with E-state index in [0.717, 1.165) is 22.3 Å². The van der Waals surface area contributed by atoms with E-state index in [1.807, 2.05) is 13.0 Å². The van der Waals surface area contributed by atoms with Gasteiger partial charge in [-0.25, -0.2) is 4.98 Å². The third-order valence-electron chi connectivity index (χ3n) is 6.50. The number of nitrogen functional groups attached to an aromatic ring is 1. The van der Waals surface area contributed by atoms with E-state index in [0.29, 0.717) is 54.8 Å². The van der Waals surface area contributed by atoms with Crippen LogP contribution >= 0.6 is 11.6 Å². The van der Waals surface area contributed by atoms with Gasteiger partial charge in [0.2, 0.25) is 11.7 Å². The van der Waals surface area contributed by atoms with Crippen LogP contribution in [0.2, 0.25) is 5.02 Å². The fourth-order valence-electron chi connectivity index (χ4n) is 4.31. The number of Topliss-reactive ketones (excluding diaryl/α,β-unsaturated/α-hetero) is 1. The van der Waals surface area contributed by atoms with Gasteiger partial charge in [0.05, 0.1) is 18.2 Å². The molecule has 1 atom stereocenters. The normalized spacial score (nSPS) is 14.0. The molecule has 10 heteroatoms. The van der Waals surface area contributed by atoms with Gasteiger partial charge in [-0.3, -0.25) is 14.4 Å². The number of fused-ring (bicyclic) bond motifs is 1. The van der Waals surface area contributed by atoms with E-state index >= 15 is 0 Å². The van der Waals surface area contributed by atoms with Crippen molar-refractivity contribution in [2.45, 2.75) is 19.4 Å². The van der Waals surface area contributed by atoms with Crippen LogP contribution in [0, 0.1) is 0 Å². The van der Waals surface area contributed by atoms with Crippen molar-refractivity contribution in [3.8, 4) is 16.9 Å². The smallest absolute Gasteiger partial charge is 0.295 e. The highest BCUT2D eigenvalue weighted by molar-refractivity contribution is 6.42. The number of likely N-dealkylation sites (N-methyl/N-ethyl adjacent to an activating group) is 1. The number of methoxy groups -OCH3 is 1. The van der Waals surface area contributed by atoms with E-state index < -0.39 is 11.7 Å². The van der Waals surface area contributed by atoms with Crippen molar-refractivity contribution in [3.63, 3.8) is 0 Å². The Morgan fingerprint density at radius 1 is 1.18 bits per heavy atom. The number of ketones is 1. The van der Waals surface area contributed by atoms with Gasteiger partial charge in [0.1, 0.15) is 17.7 Å². The Morgan fingerprint density at radius 2 is 1.95 bits per heavy atom. The quantitative estimate of drug-likeness (QED) is 0.207. The minimum absolute atomic E-state index is 0.253. The van der Waals surface area contributed by atoms with Crippen LogP contribution in [0.15, 0.2) is 60.8 Å². The molecule has 9 nitrogen and oxygen atoms in total. The highest BCUT2D eigenvalue weighted by atomic mass is 35.5. The van der Waals surface area contributed by atoms with Crippen LogP contribution in [-0.2, 0) is 20.7 Å². The van der Waals surface area contributed by atoms with Gasteiger partial charge in [0, 0.05) is 50.0 Å². The van der Waals surface area contributed by atoms with Gasteiger partial charge in [-0.1, -0.05) is 35.9 Å². The molecule has 3 aromatic rings. The number of nitrogens with two attached hydrogens (primary N) is 1. The van der Waals surface area contributed by atoms with Crippen LogP contribution in [0.1, 0.15) is 28.4 Å². The number of aromatic nitrogens is 1. The largest absolute Gasteiger partial charge is 0.486 e. The molecule has 1 aliphatic rings. The first-order chi connectivity index (χ1) is 19.3. The minimum atomic E-state index is -0.560. The Kier molecular flexibility index (Phi) is 9.52. The molecule has 3 N–H and O–H groups in total. The first-order valence-corrected chi connectivity index (χ1v) is 13.3. The third-order valence-corrected chi connectivity index (χ3v) is 6.78. The molecule has 0 fully saturated rings. The van der Waals surface area contributed by atoms with Crippen molar-refractivity contribution in [2.24, 2.45) is 0 Å². The number of nitrogens with zero attached hydrogens (tertiary/aromatic N) is 2. The molecule has 40 heavy (non-hydrogen) atoms. The van der Waals surface area contributed by atoms with E-state index in [1.165, 1.54) is 11.0 Å². The highest BCUT2D eigenvalue weighted by Gasteiger charge is 2.27. The maximum atomic E-state index is 12.7. The molecular weight excluding hydrogens is 532 g/mol. The molecule has 2 heterocycles. The molecule has 1 aromatic heterocycles. The Labute approximate surface area is 237 Å². The van der Waals surface area contributed by atoms with Gasteiger partial charge >= 0.3 is 0 Å². The van der Waals surface area contributed by atoms with Crippen LogP contribution < -0.4 is 15.8 Å². The zero-order chi connectivity index (χ0) is 28.6. The molecule has 0 spiro atoms. The number of anilines is 1. The maximum absolute atomic E-state index is 12.7. The summed E-state index contributed by atoms with van der Waals surface area (Å²) in [5.41, 5.74) is 9.29. The summed E-state index contributed by atoms with van der Waals surface area (Å²) in [4.78, 5) is 43.0. The molecule has 208 valence electrons. The number of hydrogen-bond acceptors (Lipinski definition) is 7. The summed E-state index contributed by atoms with van der Waals surface area (Å²) in [5.74, 6) is -0.355. The lowest BCUT2D eigenvalue weighted by atomic mass is 9.99. The Balaban J connectivity index is 1.37. The standard InChI is InChI=1S/C30H31ClN4O5/c1-3-35(12-13-39-2)30(38)28(37)21-8-6-20(7-9-21)22-14-23-15-24(40-29(23)25(31)16-22)18-34-27(36)11-5-19-4-10-26(32)33-17-19/h4-11,14,16-17,24H,3,12-13,15,18H2,1-2H3,(H2,32,33)(H,34,36)/b11-5+. The van der Waals surface area contributed by atoms with Gasteiger partial charge in [-0.05, 0) is 54.0 Å². The molecule has 2 amide bonds. The molecule has 1 aliphatic heterocycles. The second-order valence-corrected chi connectivity index (χ2v) is 9.68. The summed E-state index contributed by atoms with van der Waals surface area (Å²) in [5, 5.41) is 3.31. The maximum Gasteiger partial charge on any atom is 0.295 e. The van der Waals surface area contributed by atoms with Crippen molar-refractivity contribution in [1.29, 1.82) is 0 Å². The van der Waals surface area contributed by atoms with Crippen LogP contribution in [0.3, 0.4) is 0 Å². The second-order valence-electron chi connectivity index (χ2n) is 9.27. The van der Waals surface area contributed by atoms with Crippen molar-refractivity contribution in [1.82, 2.24) is 15.2 Å². The Hall–Kier alpha value is -4.21. The number of nitrogens with one attached hydrogen (secondary N) is 1. The summed E-state index contributed by atoms with van der Waals surface area (Å²) < 4.78 is 11.0. The summed E-state index contributed by atoms with van der Waals surface area (Å²) >= 11 is 6.54. The van der Waals surface area contributed by atoms with E-state index in [4.69, 9.17) is 26.8 Å². The number of hydrogen-bond donors (Lipinski definition) is 2. The number of halogens is 1. The zero-order valence-electron chi connectivity index (χ0n) is 22.4. The van der Waals surface area contributed by atoms with Gasteiger partial charge in [-0.15, -0.1) is 0 Å². The summed E-state index contributed by atoms with van der Waals surface area (Å²) in [7, 11) is 1.55. The zero-order valence-corrected chi connectivity index (χ0v) is 23.1. The predicted molar refractivity (Wildman–Crippen MR) is 154 cm³/mol. The average Bonchev–Trinajstić information content (AvgIpc) is 3.39. The summed E-state index contributed by atoms with van der Waals surface area (Å²) in [6.07, 6.45) is 5.00. The van der Waals surface area contributed by atoms with Crippen LogP contribution in [0.25, 0.3) is 17.2 Å². The highest BCUT2D eigenvalue weighted by Crippen LogP contribution is 2.39. The third kappa shape index (κ3) is 7.05. The van der Waals surface area contributed by atoms with Crippen LogP contribution in [0.5, 0.6) is 5.75 Å². The average molecular weight is 563 g/mol. The van der Waals surface area contributed by atoms with Crippen LogP contribution in [-0.4, -0.2) is 66.9 Å². The number of ether oxygens (including phenoxy) is 2. The first-order valence-electron chi connectivity index (χ1n) is 12.9. The second kappa shape index (κ2) is 13.2. The minimum Gasteiger partial charge on any atom is -0.486 e. The van der Waals surface area contributed by atoms with Gasteiger partial charge < -0.3 is 25.4 Å². The lowest BCUT2D eigenvalue weighted by Crippen LogP contribution is -2.38. The SMILES string of the molecule is CCN(CCOC)C(=O)C(=O)c1ccc(-c2cc(Cl)c3c(c2)CC(CNC(=O)/C=C/c2ccc(N)nc2)O3)cc1. The van der Waals surface area contributed by atoms with E-state index in [-0.39, 0.29) is 12.0 Å². The fourth-order valence-corrected chi connectivity index (χ4v) is 4.60. The van der Waals surface area contributed by atoms with Crippen molar-refractivity contribution in [2.75, 3.05) is 39.1 Å². The van der Waals surface area contributed by atoms with Crippen LogP contribution in [0.4, 0.5) is 5.82 Å². The van der Waals surface area contributed by atoms with Crippen molar-refractivity contribution >= 4 is 41.1 Å². The molecule has 0 saturated carbocycles. The fraction of sp³-hybridized carbons (Fsp3) is 0.267. The molecule has 0 bridgehead atoms. The molecule has 0 saturated heterocycles. The van der Waals surface area contributed by atoms with E-state index in [1.54, 1.807) is 61.8 Å². The molecule has 0 radical (unpaired) electrons. The van der Waals surface area contributed by atoms with E-state index in [2.05, 4.69) is 10.3 Å². The van der Waals surface area contributed by atoms with Gasteiger partial charge in [0.15, 0.2) is 0 Å². The number of rotatable bonds is 11. The molecule has 4 rings (SSSR count). The molecule has 0 aliphatic carbocycles. The molecular formula is C30H31ClN4O5. The summed E-state index contributed by atoms with van der Waals surface area (Å²) in [6, 6.07) is 14.1. The number of benzene rings is 2. The molecule has 1 unspecified atom stereocenters. The topological polar surface area (TPSA) is 124 Å². The molecule has 2 aromatic carbocycles. The van der Waals surface area contributed by atoms with Crippen molar-refractivity contribution in [3.05, 3.63) is 82.5 Å². The van der Waals surface area contributed by atoms with E-state index in [9.17, 15) is 14.4 Å². The number of pyridine rings is 1. The lowest BCUT2D eigenvalue weighted by molar-refractivity contribution is -0.126. The van der Waals surface area contributed by atoms with Crippen molar-refractivity contribution < 1.29 is 23.9 Å². The Morgan fingerprint density at radius 3 is 2.62 bits per heavy atom. The lowest BCUT2D eigenvalue weighted by Gasteiger charge is -2.19. The van der Waals surface area contributed by atoms with Gasteiger partial charge in [-0.2, -0.15) is 0 Å². The monoisotopic (exact) mass is 562 g/mol. The number of amides is 2. The summed E-state index contributed by atoms with van der Waals surface area (Å²) in [6.45, 7) is 3.27. The predicted octanol–water partition coefficient (Wildman–Crippen LogP) is 3.79. The van der Waals surface area contributed by atoms with Gasteiger partial charge in [0.25, 0.3) is 5.91 Å². The number of carbonyl (C=O) groups excluding carboxylic acids is 3. The first kappa shape index (κ1) is 28.8.